The number of halogens is 1. The highest BCUT2D eigenvalue weighted by molar-refractivity contribution is 7.22. The molecule has 1 aromatic heterocycles. The molecule has 0 aliphatic heterocycles. The zero-order chi connectivity index (χ0) is 14.7. The lowest BCUT2D eigenvalue weighted by molar-refractivity contribution is -0.146. The molecule has 8 heteroatoms. The first-order chi connectivity index (χ1) is 9.51. The van der Waals surface area contributed by atoms with Crippen LogP contribution in [0.4, 0.5) is 5.13 Å². The molecule has 2 rings (SSSR count). The van der Waals surface area contributed by atoms with Crippen molar-refractivity contribution in [2.45, 2.75) is 13.0 Å². The summed E-state index contributed by atoms with van der Waals surface area (Å²) in [5.74, 6) is -1.43. The highest BCUT2D eigenvalue weighted by Crippen LogP contribution is 2.28. The van der Waals surface area contributed by atoms with E-state index in [1.165, 1.54) is 11.3 Å². The summed E-state index contributed by atoms with van der Waals surface area (Å²) in [7, 11) is 0. The van der Waals surface area contributed by atoms with Crippen molar-refractivity contribution < 1.29 is 14.3 Å². The van der Waals surface area contributed by atoms with Crippen LogP contribution in [0.15, 0.2) is 18.2 Å². The fraction of sp³-hybridized carbons (Fsp3) is 0.250. The van der Waals surface area contributed by atoms with E-state index < -0.39 is 17.9 Å². The number of anilines is 1. The second-order valence-corrected chi connectivity index (χ2v) is 5.32. The van der Waals surface area contributed by atoms with Crippen molar-refractivity contribution in [3.8, 4) is 0 Å². The first kappa shape index (κ1) is 14.7. The predicted octanol–water partition coefficient (Wildman–Crippen LogP) is 1.78. The number of esters is 1. The molecule has 0 radical (unpaired) electrons. The van der Waals surface area contributed by atoms with Crippen LogP contribution in [0.25, 0.3) is 10.2 Å². The number of ether oxygens (including phenoxy) is 1. The number of carbonyl (C=O) groups excluding carboxylic acids is 2. The van der Waals surface area contributed by atoms with Gasteiger partial charge in [-0.25, -0.2) is 9.78 Å². The number of nitrogens with zero attached hydrogens (tertiary/aromatic N) is 1. The second kappa shape index (κ2) is 6.17. The van der Waals surface area contributed by atoms with E-state index in [1.807, 2.05) is 0 Å². The highest BCUT2D eigenvalue weighted by atomic mass is 35.5. The Morgan fingerprint density at radius 3 is 3.00 bits per heavy atom. The lowest BCUT2D eigenvalue weighted by atomic mass is 10.3. The maximum absolute atomic E-state index is 11.8. The quantitative estimate of drug-likeness (QED) is 0.663. The lowest BCUT2D eigenvalue weighted by Crippen LogP contribution is -2.43. The van der Waals surface area contributed by atoms with Gasteiger partial charge in [-0.1, -0.05) is 22.9 Å². The fourth-order valence-corrected chi connectivity index (χ4v) is 2.62. The Morgan fingerprint density at radius 1 is 1.55 bits per heavy atom. The van der Waals surface area contributed by atoms with E-state index in [0.717, 1.165) is 4.70 Å². The number of fused-ring (bicyclic) bond motifs is 1. The highest BCUT2D eigenvalue weighted by Gasteiger charge is 2.24. The van der Waals surface area contributed by atoms with Gasteiger partial charge in [0.15, 0.2) is 11.2 Å². The smallest absolute Gasteiger partial charge is 0.332 e. The molecule has 1 unspecified atom stereocenters. The summed E-state index contributed by atoms with van der Waals surface area (Å²) in [6.07, 6.45) is 0. The summed E-state index contributed by atoms with van der Waals surface area (Å²) in [6, 6.07) is 3.83. The summed E-state index contributed by atoms with van der Waals surface area (Å²) in [6.45, 7) is 1.80. The van der Waals surface area contributed by atoms with Crippen molar-refractivity contribution in [2.24, 2.45) is 5.73 Å². The molecule has 1 heterocycles. The average Bonchev–Trinajstić information content (AvgIpc) is 2.79. The van der Waals surface area contributed by atoms with Crippen molar-refractivity contribution >= 4 is 50.2 Å². The summed E-state index contributed by atoms with van der Waals surface area (Å²) in [4.78, 5) is 27.3. The van der Waals surface area contributed by atoms with Crippen LogP contribution in [0.5, 0.6) is 0 Å². The minimum absolute atomic E-state index is 0.166. The molecule has 20 heavy (non-hydrogen) atoms. The standard InChI is InChI=1S/C12H12ClN3O3S/c1-2-19-11(18)9(14)10(17)16-12-15-7-4-3-6(13)5-8(7)20-12/h3-5,9H,2,14H2,1H3,(H,15,16,17). The number of rotatable bonds is 4. The SMILES string of the molecule is CCOC(=O)C(N)C(=O)Nc1nc2ccc(Cl)cc2s1. The average molecular weight is 314 g/mol. The van der Waals surface area contributed by atoms with Crippen LogP contribution in [0.2, 0.25) is 5.02 Å². The van der Waals surface area contributed by atoms with Gasteiger partial charge in [0, 0.05) is 5.02 Å². The Hall–Kier alpha value is -1.70. The van der Waals surface area contributed by atoms with Crippen LogP contribution in [0, 0.1) is 0 Å². The zero-order valence-electron chi connectivity index (χ0n) is 10.6. The van der Waals surface area contributed by atoms with E-state index in [9.17, 15) is 9.59 Å². The molecule has 0 aliphatic carbocycles. The van der Waals surface area contributed by atoms with Gasteiger partial charge in [0.25, 0.3) is 5.91 Å². The van der Waals surface area contributed by atoms with Crippen molar-refractivity contribution in [3.05, 3.63) is 23.2 Å². The summed E-state index contributed by atoms with van der Waals surface area (Å²) >= 11 is 7.12. The molecule has 106 valence electrons. The third kappa shape index (κ3) is 3.24. The van der Waals surface area contributed by atoms with Crippen LogP contribution in [0.1, 0.15) is 6.92 Å². The molecule has 1 aromatic carbocycles. The van der Waals surface area contributed by atoms with E-state index in [1.54, 1.807) is 25.1 Å². The van der Waals surface area contributed by atoms with Gasteiger partial charge in [0.1, 0.15) is 0 Å². The Labute approximate surface area is 123 Å². The lowest BCUT2D eigenvalue weighted by Gasteiger charge is -2.09. The molecule has 0 saturated heterocycles. The third-order valence-corrected chi connectivity index (χ3v) is 3.57. The third-order valence-electron chi connectivity index (χ3n) is 2.40. The molecule has 0 aliphatic rings. The van der Waals surface area contributed by atoms with Crippen molar-refractivity contribution in [1.29, 1.82) is 0 Å². The Balaban J connectivity index is 2.11. The molecular weight excluding hydrogens is 302 g/mol. The normalized spacial score (nSPS) is 12.2. The van der Waals surface area contributed by atoms with Crippen LogP contribution in [-0.2, 0) is 14.3 Å². The molecule has 0 spiro atoms. The topological polar surface area (TPSA) is 94.3 Å². The minimum Gasteiger partial charge on any atom is -0.464 e. The molecule has 0 fully saturated rings. The summed E-state index contributed by atoms with van der Waals surface area (Å²) in [5, 5.41) is 3.43. The molecule has 1 amide bonds. The Kier molecular flexibility index (Phi) is 4.53. The fourth-order valence-electron chi connectivity index (χ4n) is 1.47. The van der Waals surface area contributed by atoms with Gasteiger partial charge >= 0.3 is 5.97 Å². The summed E-state index contributed by atoms with van der Waals surface area (Å²) < 4.78 is 5.51. The second-order valence-electron chi connectivity index (χ2n) is 3.85. The van der Waals surface area contributed by atoms with E-state index >= 15 is 0 Å². The van der Waals surface area contributed by atoms with Gasteiger partial charge in [-0.05, 0) is 25.1 Å². The Morgan fingerprint density at radius 2 is 2.30 bits per heavy atom. The van der Waals surface area contributed by atoms with Gasteiger partial charge in [-0.15, -0.1) is 0 Å². The van der Waals surface area contributed by atoms with Crippen LogP contribution in [-0.4, -0.2) is 29.5 Å². The number of benzene rings is 1. The van der Waals surface area contributed by atoms with Crippen molar-refractivity contribution in [1.82, 2.24) is 4.98 Å². The van der Waals surface area contributed by atoms with Gasteiger partial charge in [-0.3, -0.25) is 4.79 Å². The van der Waals surface area contributed by atoms with Crippen LogP contribution < -0.4 is 11.1 Å². The van der Waals surface area contributed by atoms with E-state index in [2.05, 4.69) is 15.0 Å². The largest absolute Gasteiger partial charge is 0.464 e. The minimum atomic E-state index is -1.37. The number of hydrogen-bond donors (Lipinski definition) is 2. The molecule has 2 aromatic rings. The molecule has 3 N–H and O–H groups in total. The number of thiazole rings is 1. The molecule has 6 nitrogen and oxygen atoms in total. The van der Waals surface area contributed by atoms with Gasteiger partial charge in [0.2, 0.25) is 0 Å². The zero-order valence-corrected chi connectivity index (χ0v) is 12.1. The maximum Gasteiger partial charge on any atom is 0.332 e. The van der Waals surface area contributed by atoms with E-state index in [-0.39, 0.29) is 6.61 Å². The van der Waals surface area contributed by atoms with E-state index in [4.69, 9.17) is 17.3 Å². The number of nitrogens with two attached hydrogens (primary N) is 1. The van der Waals surface area contributed by atoms with Crippen molar-refractivity contribution in [2.75, 3.05) is 11.9 Å². The van der Waals surface area contributed by atoms with Gasteiger partial charge < -0.3 is 15.8 Å². The number of amides is 1. The number of carbonyl (C=O) groups is 2. The number of aromatic nitrogens is 1. The monoisotopic (exact) mass is 313 g/mol. The summed E-state index contributed by atoms with van der Waals surface area (Å²) in [5.41, 5.74) is 6.19. The van der Waals surface area contributed by atoms with E-state index in [0.29, 0.717) is 15.7 Å². The predicted molar refractivity (Wildman–Crippen MR) is 77.9 cm³/mol. The number of hydrogen-bond acceptors (Lipinski definition) is 6. The van der Waals surface area contributed by atoms with Gasteiger partial charge in [0.05, 0.1) is 16.8 Å². The maximum atomic E-state index is 11.8. The van der Waals surface area contributed by atoms with Crippen LogP contribution >= 0.6 is 22.9 Å². The van der Waals surface area contributed by atoms with Crippen LogP contribution in [0.3, 0.4) is 0 Å². The molecule has 0 saturated carbocycles. The first-order valence-corrected chi connectivity index (χ1v) is 7.00. The van der Waals surface area contributed by atoms with Crippen molar-refractivity contribution in [3.63, 3.8) is 0 Å². The molecular formula is C12H12ClN3O3S. The number of nitrogens with one attached hydrogen (secondary N) is 1. The first-order valence-electron chi connectivity index (χ1n) is 5.80. The molecule has 0 bridgehead atoms. The Bertz CT molecular complexity index is 658. The van der Waals surface area contributed by atoms with Gasteiger partial charge in [-0.2, -0.15) is 0 Å². The molecule has 1 atom stereocenters.